The second-order valence-corrected chi connectivity index (χ2v) is 9.61. The number of carbonyl (C=O) groups excluding carboxylic acids is 1. The first-order valence-corrected chi connectivity index (χ1v) is 11.3. The van der Waals surface area contributed by atoms with Crippen molar-refractivity contribution in [3.8, 4) is 5.75 Å². The molecule has 1 saturated heterocycles. The Balaban J connectivity index is 1.59. The van der Waals surface area contributed by atoms with Crippen molar-refractivity contribution in [2.45, 2.75) is 38.5 Å². The number of sulfonamides is 1. The molecule has 0 spiro atoms. The third-order valence-electron chi connectivity index (χ3n) is 5.27. The van der Waals surface area contributed by atoms with E-state index in [0.29, 0.717) is 30.4 Å². The van der Waals surface area contributed by atoms with Gasteiger partial charge in [-0.15, -0.1) is 0 Å². The smallest absolute Gasteiger partial charge is 0.262 e. The molecule has 7 heteroatoms. The van der Waals surface area contributed by atoms with Crippen LogP contribution < -0.4 is 10.1 Å². The van der Waals surface area contributed by atoms with Gasteiger partial charge in [-0.2, -0.15) is 4.31 Å². The topological polar surface area (TPSA) is 75.7 Å². The van der Waals surface area contributed by atoms with E-state index in [4.69, 9.17) is 4.74 Å². The summed E-state index contributed by atoms with van der Waals surface area (Å²) >= 11 is 0. The summed E-state index contributed by atoms with van der Waals surface area (Å²) < 4.78 is 32.7. The molecule has 156 valence electrons. The highest BCUT2D eigenvalue weighted by Gasteiger charge is 2.27. The molecule has 0 unspecified atom stereocenters. The zero-order valence-corrected chi connectivity index (χ0v) is 18.0. The summed E-state index contributed by atoms with van der Waals surface area (Å²) in [5.41, 5.74) is 2.48. The highest BCUT2D eigenvalue weighted by atomic mass is 32.2. The van der Waals surface area contributed by atoms with E-state index in [2.05, 4.69) is 12.2 Å². The van der Waals surface area contributed by atoms with Crippen molar-refractivity contribution in [1.82, 2.24) is 4.31 Å². The van der Waals surface area contributed by atoms with Crippen molar-refractivity contribution in [2.75, 3.05) is 25.0 Å². The van der Waals surface area contributed by atoms with Crippen molar-refractivity contribution < 1.29 is 17.9 Å². The van der Waals surface area contributed by atoms with Gasteiger partial charge in [-0.1, -0.05) is 25.1 Å². The van der Waals surface area contributed by atoms with Crippen LogP contribution in [0.4, 0.5) is 5.69 Å². The number of nitrogens with one attached hydrogen (secondary N) is 1. The summed E-state index contributed by atoms with van der Waals surface area (Å²) in [6, 6.07) is 12.1. The van der Waals surface area contributed by atoms with Gasteiger partial charge in [-0.05, 0) is 68.0 Å². The maximum atomic E-state index is 12.8. The van der Waals surface area contributed by atoms with Gasteiger partial charge in [-0.3, -0.25) is 4.79 Å². The van der Waals surface area contributed by atoms with E-state index in [1.54, 1.807) is 16.4 Å². The number of nitrogens with zero attached hydrogens (tertiary/aromatic N) is 1. The second-order valence-electron chi connectivity index (χ2n) is 7.67. The van der Waals surface area contributed by atoms with Crippen LogP contribution >= 0.6 is 0 Å². The van der Waals surface area contributed by atoms with Crippen LogP contribution in [0.5, 0.6) is 5.75 Å². The molecule has 1 aliphatic rings. The molecule has 29 heavy (non-hydrogen) atoms. The van der Waals surface area contributed by atoms with Gasteiger partial charge in [-0.25, -0.2) is 8.42 Å². The molecule has 2 aromatic carbocycles. The predicted octanol–water partition coefficient (Wildman–Crippen LogP) is 3.74. The second kappa shape index (κ2) is 8.97. The first-order valence-electron chi connectivity index (χ1n) is 9.86. The quantitative estimate of drug-likeness (QED) is 0.778. The molecular weight excluding hydrogens is 388 g/mol. The van der Waals surface area contributed by atoms with Gasteiger partial charge in [0, 0.05) is 18.8 Å². The third kappa shape index (κ3) is 5.16. The van der Waals surface area contributed by atoms with Crippen LogP contribution in [0.15, 0.2) is 47.4 Å². The number of benzene rings is 2. The molecule has 0 aromatic heterocycles. The molecule has 0 saturated carbocycles. The molecule has 0 bridgehead atoms. The van der Waals surface area contributed by atoms with Gasteiger partial charge < -0.3 is 10.1 Å². The average molecular weight is 417 g/mol. The number of para-hydroxylation sites is 1. The van der Waals surface area contributed by atoms with E-state index in [1.165, 1.54) is 12.1 Å². The van der Waals surface area contributed by atoms with Crippen LogP contribution in [-0.4, -0.2) is 38.3 Å². The number of anilines is 1. The minimum atomic E-state index is -3.49. The SMILES string of the molecule is Cc1cccc(C)c1OCC(=O)Nc1ccc(S(=O)(=O)N2CCC(C)CC2)cc1. The lowest BCUT2D eigenvalue weighted by atomic mass is 10.0. The summed E-state index contributed by atoms with van der Waals surface area (Å²) in [5.74, 6) is 0.970. The lowest BCUT2D eigenvalue weighted by Crippen LogP contribution is -2.37. The van der Waals surface area contributed by atoms with Crippen LogP contribution in [0.25, 0.3) is 0 Å². The Bertz CT molecular complexity index is 943. The number of carbonyl (C=O) groups is 1. The standard InChI is InChI=1S/C22H28N2O4S/c1-16-11-13-24(14-12-16)29(26,27)20-9-7-19(8-10-20)23-21(25)15-28-22-17(2)5-4-6-18(22)3/h4-10,16H,11-15H2,1-3H3,(H,23,25). The molecule has 1 N–H and O–H groups in total. The number of ether oxygens (including phenoxy) is 1. The Labute approximate surface area is 172 Å². The molecule has 0 aliphatic carbocycles. The Morgan fingerprint density at radius 3 is 2.24 bits per heavy atom. The number of hydrogen-bond acceptors (Lipinski definition) is 4. The number of rotatable bonds is 6. The number of amides is 1. The zero-order valence-electron chi connectivity index (χ0n) is 17.1. The fraction of sp³-hybridized carbons (Fsp3) is 0.409. The van der Waals surface area contributed by atoms with E-state index in [1.807, 2.05) is 32.0 Å². The largest absolute Gasteiger partial charge is 0.483 e. The fourth-order valence-corrected chi connectivity index (χ4v) is 4.92. The highest BCUT2D eigenvalue weighted by Crippen LogP contribution is 2.25. The van der Waals surface area contributed by atoms with Gasteiger partial charge in [0.2, 0.25) is 10.0 Å². The Morgan fingerprint density at radius 1 is 1.07 bits per heavy atom. The van der Waals surface area contributed by atoms with E-state index in [-0.39, 0.29) is 17.4 Å². The van der Waals surface area contributed by atoms with Crippen LogP contribution in [0.1, 0.15) is 30.9 Å². The monoisotopic (exact) mass is 416 g/mol. The van der Waals surface area contributed by atoms with E-state index >= 15 is 0 Å². The van der Waals surface area contributed by atoms with Crippen molar-refractivity contribution in [2.24, 2.45) is 5.92 Å². The molecule has 1 amide bonds. The third-order valence-corrected chi connectivity index (χ3v) is 7.19. The summed E-state index contributed by atoms with van der Waals surface area (Å²) in [5, 5.41) is 2.74. The van der Waals surface area contributed by atoms with Crippen LogP contribution in [-0.2, 0) is 14.8 Å². The molecule has 1 fully saturated rings. The maximum absolute atomic E-state index is 12.8. The molecular formula is C22H28N2O4S. The van der Waals surface area contributed by atoms with Crippen molar-refractivity contribution in [3.05, 3.63) is 53.6 Å². The minimum Gasteiger partial charge on any atom is -0.483 e. The summed E-state index contributed by atoms with van der Waals surface area (Å²) in [6.07, 6.45) is 1.77. The number of piperidine rings is 1. The normalized spacial score (nSPS) is 15.8. The Morgan fingerprint density at radius 2 is 1.66 bits per heavy atom. The van der Waals surface area contributed by atoms with Gasteiger partial charge in [0.15, 0.2) is 6.61 Å². The molecule has 2 aromatic rings. The van der Waals surface area contributed by atoms with E-state index in [0.717, 1.165) is 24.0 Å². The fourth-order valence-electron chi connectivity index (χ4n) is 3.45. The highest BCUT2D eigenvalue weighted by molar-refractivity contribution is 7.89. The maximum Gasteiger partial charge on any atom is 0.262 e. The lowest BCUT2D eigenvalue weighted by Gasteiger charge is -2.29. The van der Waals surface area contributed by atoms with Gasteiger partial charge in [0.1, 0.15) is 5.75 Å². The predicted molar refractivity (Wildman–Crippen MR) is 114 cm³/mol. The lowest BCUT2D eigenvalue weighted by molar-refractivity contribution is -0.118. The summed E-state index contributed by atoms with van der Waals surface area (Å²) in [7, 11) is -3.49. The minimum absolute atomic E-state index is 0.113. The van der Waals surface area contributed by atoms with Crippen LogP contribution in [0.2, 0.25) is 0 Å². The Hall–Kier alpha value is -2.38. The van der Waals surface area contributed by atoms with Gasteiger partial charge >= 0.3 is 0 Å². The van der Waals surface area contributed by atoms with Gasteiger partial charge in [0.25, 0.3) is 5.91 Å². The summed E-state index contributed by atoms with van der Waals surface area (Å²) in [6.45, 7) is 7.00. The average Bonchev–Trinajstić information content (AvgIpc) is 2.68. The number of hydrogen-bond donors (Lipinski definition) is 1. The van der Waals surface area contributed by atoms with Crippen molar-refractivity contribution >= 4 is 21.6 Å². The van der Waals surface area contributed by atoms with Crippen molar-refractivity contribution in [1.29, 1.82) is 0 Å². The zero-order chi connectivity index (χ0) is 21.0. The Kier molecular flexibility index (Phi) is 6.59. The van der Waals surface area contributed by atoms with E-state index < -0.39 is 10.0 Å². The molecule has 1 aliphatic heterocycles. The first kappa shape index (κ1) is 21.3. The van der Waals surface area contributed by atoms with Crippen molar-refractivity contribution in [3.63, 3.8) is 0 Å². The van der Waals surface area contributed by atoms with E-state index in [9.17, 15) is 13.2 Å². The summed E-state index contributed by atoms with van der Waals surface area (Å²) in [4.78, 5) is 12.5. The van der Waals surface area contributed by atoms with Crippen LogP contribution in [0.3, 0.4) is 0 Å². The molecule has 0 radical (unpaired) electrons. The molecule has 3 rings (SSSR count). The van der Waals surface area contributed by atoms with Crippen LogP contribution in [0, 0.1) is 19.8 Å². The number of aryl methyl sites for hydroxylation is 2. The molecule has 6 nitrogen and oxygen atoms in total. The molecule has 0 atom stereocenters. The first-order chi connectivity index (χ1) is 13.8. The molecule has 1 heterocycles. The van der Waals surface area contributed by atoms with Gasteiger partial charge in [0.05, 0.1) is 4.90 Å².